The summed E-state index contributed by atoms with van der Waals surface area (Å²) in [6, 6.07) is 1.10. The van der Waals surface area contributed by atoms with E-state index in [-0.39, 0.29) is 18.3 Å². The predicted octanol–water partition coefficient (Wildman–Crippen LogP) is 3.58. The number of amidine groups is 1. The molecule has 1 aliphatic heterocycles. The van der Waals surface area contributed by atoms with Crippen molar-refractivity contribution in [1.82, 2.24) is 4.90 Å². The molecule has 2 atom stereocenters. The van der Waals surface area contributed by atoms with Crippen LogP contribution in [0.3, 0.4) is 0 Å². The lowest BCUT2D eigenvalue weighted by molar-refractivity contribution is -0.134. The van der Waals surface area contributed by atoms with Crippen LogP contribution in [-0.2, 0) is 4.79 Å². The van der Waals surface area contributed by atoms with Crippen LogP contribution in [-0.4, -0.2) is 39.9 Å². The highest BCUT2D eigenvalue weighted by atomic mass is 35.5. The molecule has 0 aromatic heterocycles. The molecule has 0 radical (unpaired) electrons. The zero-order valence-corrected chi connectivity index (χ0v) is 15.4. The molecule has 1 saturated carbocycles. The van der Waals surface area contributed by atoms with E-state index < -0.39 is 0 Å². The van der Waals surface area contributed by atoms with Gasteiger partial charge in [0.05, 0.1) is 11.8 Å². The van der Waals surface area contributed by atoms with Crippen LogP contribution in [0.4, 0.5) is 0 Å². The molecule has 2 fully saturated rings. The van der Waals surface area contributed by atoms with Crippen LogP contribution in [0.25, 0.3) is 0 Å². The Morgan fingerprint density at radius 1 is 1.09 bits per heavy atom. The summed E-state index contributed by atoms with van der Waals surface area (Å²) in [5, 5.41) is 0.590. The van der Waals surface area contributed by atoms with Crippen LogP contribution >= 0.6 is 24.2 Å². The summed E-state index contributed by atoms with van der Waals surface area (Å²) in [5.74, 6) is 0.637. The van der Waals surface area contributed by atoms with Crippen molar-refractivity contribution in [3.8, 4) is 0 Å². The number of thioether (sulfide) groups is 1. The molecule has 2 rings (SSSR count). The highest BCUT2D eigenvalue weighted by molar-refractivity contribution is 8.14. The molecule has 1 heterocycles. The average Bonchev–Trinajstić information content (AvgIpc) is 2.46. The van der Waals surface area contributed by atoms with Crippen molar-refractivity contribution in [3.05, 3.63) is 0 Å². The van der Waals surface area contributed by atoms with E-state index in [0.717, 1.165) is 25.7 Å². The zero-order chi connectivity index (χ0) is 15.2. The van der Waals surface area contributed by atoms with Crippen molar-refractivity contribution in [2.75, 3.05) is 5.75 Å². The normalized spacial score (nSPS) is 27.4. The van der Waals surface area contributed by atoms with Crippen LogP contribution in [0.5, 0.6) is 0 Å². The minimum Gasteiger partial charge on any atom is -0.379 e. The molecular formula is C16H30ClN3OS. The maximum atomic E-state index is 12.4. The van der Waals surface area contributed by atoms with Gasteiger partial charge in [-0.25, -0.2) is 0 Å². The number of nitrogens with zero attached hydrogens (tertiary/aromatic N) is 2. The molecule has 22 heavy (non-hydrogen) atoms. The number of carbonyl (C=O) groups excluding carboxylic acids is 1. The molecule has 6 heteroatoms. The summed E-state index contributed by atoms with van der Waals surface area (Å²) in [6.45, 7) is 4.30. The fourth-order valence-electron chi connectivity index (χ4n) is 3.55. The molecule has 128 valence electrons. The van der Waals surface area contributed by atoms with Crippen molar-refractivity contribution < 1.29 is 4.79 Å². The van der Waals surface area contributed by atoms with Crippen LogP contribution in [0, 0.1) is 0 Å². The predicted molar refractivity (Wildman–Crippen MR) is 97.8 cm³/mol. The topological polar surface area (TPSA) is 58.7 Å². The Morgan fingerprint density at radius 2 is 1.68 bits per heavy atom. The first-order valence-electron chi connectivity index (χ1n) is 8.35. The molecule has 2 aliphatic rings. The van der Waals surface area contributed by atoms with Crippen LogP contribution in [0.2, 0.25) is 0 Å². The summed E-state index contributed by atoms with van der Waals surface area (Å²) in [6.07, 6.45) is 9.60. The Kier molecular flexibility index (Phi) is 8.62. The smallest absolute Gasteiger partial charge is 0.233 e. The van der Waals surface area contributed by atoms with Gasteiger partial charge in [-0.2, -0.15) is 0 Å². The van der Waals surface area contributed by atoms with Gasteiger partial charge in [0.25, 0.3) is 0 Å². The molecule has 1 aliphatic carbocycles. The molecule has 2 unspecified atom stereocenters. The average molecular weight is 348 g/mol. The largest absolute Gasteiger partial charge is 0.379 e. The van der Waals surface area contributed by atoms with Crippen LogP contribution < -0.4 is 5.73 Å². The number of aliphatic imine (C=N–C) groups is 1. The zero-order valence-electron chi connectivity index (χ0n) is 13.8. The Labute approximate surface area is 145 Å². The van der Waals surface area contributed by atoms with E-state index in [1.54, 1.807) is 0 Å². The van der Waals surface area contributed by atoms with Crippen LogP contribution in [0.15, 0.2) is 4.99 Å². The molecule has 4 nitrogen and oxygen atoms in total. The number of likely N-dealkylation sites (tertiary alicyclic amines) is 1. The Bertz CT molecular complexity index is 376. The van der Waals surface area contributed by atoms with Gasteiger partial charge in [-0.1, -0.05) is 31.0 Å². The quantitative estimate of drug-likeness (QED) is 0.627. The lowest BCUT2D eigenvalue weighted by Crippen LogP contribution is -2.48. The van der Waals surface area contributed by atoms with Crippen molar-refractivity contribution in [2.45, 2.75) is 83.3 Å². The van der Waals surface area contributed by atoms with E-state index in [4.69, 9.17) is 5.73 Å². The van der Waals surface area contributed by atoms with E-state index >= 15 is 0 Å². The third kappa shape index (κ3) is 5.65. The first-order valence-corrected chi connectivity index (χ1v) is 9.33. The number of hydrogen-bond acceptors (Lipinski definition) is 3. The van der Waals surface area contributed by atoms with Gasteiger partial charge in [0.2, 0.25) is 5.91 Å². The fraction of sp³-hybridized carbons (Fsp3) is 0.875. The number of carbonyl (C=O) groups is 1. The number of nitrogens with two attached hydrogens (primary N) is 1. The number of hydrogen-bond donors (Lipinski definition) is 1. The maximum absolute atomic E-state index is 12.4. The molecule has 1 saturated heterocycles. The highest BCUT2D eigenvalue weighted by Gasteiger charge is 2.28. The summed E-state index contributed by atoms with van der Waals surface area (Å²) < 4.78 is 0. The van der Waals surface area contributed by atoms with Crippen molar-refractivity contribution in [1.29, 1.82) is 0 Å². The van der Waals surface area contributed by atoms with E-state index in [9.17, 15) is 4.79 Å². The van der Waals surface area contributed by atoms with E-state index in [0.29, 0.717) is 29.0 Å². The summed E-state index contributed by atoms with van der Waals surface area (Å²) in [5.41, 5.74) is 5.99. The molecule has 0 spiro atoms. The molecule has 2 N–H and O–H groups in total. The lowest BCUT2D eigenvalue weighted by Gasteiger charge is -2.39. The lowest BCUT2D eigenvalue weighted by atomic mass is 9.96. The van der Waals surface area contributed by atoms with Crippen molar-refractivity contribution >= 4 is 35.2 Å². The molecule has 0 aromatic carbocycles. The molecule has 0 aromatic rings. The number of amides is 1. The number of halogens is 1. The SMILES string of the molecule is CC1CCCC(C)N1C(=O)CSC(N)=NC1CCCCC1.Cl. The maximum Gasteiger partial charge on any atom is 0.233 e. The standard InChI is InChI=1S/C16H29N3OS.ClH/c1-12-7-6-8-13(2)19(12)15(20)11-21-16(17)18-14-9-4-3-5-10-14;/h12-14H,3-11H2,1-2H3,(H2,17,18);1H. The molecule has 0 bridgehead atoms. The van der Waals surface area contributed by atoms with Crippen LogP contribution in [0.1, 0.15) is 65.2 Å². The Hall–Kier alpha value is -0.420. The summed E-state index contributed by atoms with van der Waals surface area (Å²) in [7, 11) is 0. The van der Waals surface area contributed by atoms with Gasteiger partial charge in [0, 0.05) is 12.1 Å². The Balaban J connectivity index is 0.00000242. The van der Waals surface area contributed by atoms with Gasteiger partial charge in [0.1, 0.15) is 0 Å². The van der Waals surface area contributed by atoms with Gasteiger partial charge >= 0.3 is 0 Å². The van der Waals surface area contributed by atoms with E-state index in [1.165, 1.54) is 37.4 Å². The summed E-state index contributed by atoms with van der Waals surface area (Å²) in [4.78, 5) is 19.0. The summed E-state index contributed by atoms with van der Waals surface area (Å²) >= 11 is 1.41. The Morgan fingerprint density at radius 3 is 2.27 bits per heavy atom. The van der Waals surface area contributed by atoms with Gasteiger partial charge in [-0.3, -0.25) is 9.79 Å². The number of piperidine rings is 1. The van der Waals surface area contributed by atoms with Gasteiger partial charge < -0.3 is 10.6 Å². The third-order valence-electron chi connectivity index (χ3n) is 4.71. The second kappa shape index (κ2) is 9.66. The minimum atomic E-state index is 0. The molecule has 1 amide bonds. The first-order chi connectivity index (χ1) is 10.1. The van der Waals surface area contributed by atoms with E-state index in [2.05, 4.69) is 18.8 Å². The number of rotatable bonds is 3. The van der Waals surface area contributed by atoms with Gasteiger partial charge in [-0.15, -0.1) is 12.4 Å². The second-order valence-corrected chi connectivity index (χ2v) is 7.47. The van der Waals surface area contributed by atoms with E-state index in [1.807, 2.05) is 4.90 Å². The monoisotopic (exact) mass is 347 g/mol. The molecular weight excluding hydrogens is 318 g/mol. The van der Waals surface area contributed by atoms with Gasteiger partial charge in [-0.05, 0) is 46.0 Å². The fourth-order valence-corrected chi connectivity index (χ4v) is 4.19. The minimum absolute atomic E-state index is 0. The third-order valence-corrected chi connectivity index (χ3v) is 5.50. The first kappa shape index (κ1) is 19.6. The van der Waals surface area contributed by atoms with Crippen molar-refractivity contribution in [3.63, 3.8) is 0 Å². The van der Waals surface area contributed by atoms with Gasteiger partial charge in [0.15, 0.2) is 5.17 Å². The second-order valence-electron chi connectivity index (χ2n) is 6.48. The highest BCUT2D eigenvalue weighted by Crippen LogP contribution is 2.24. The van der Waals surface area contributed by atoms with Crippen molar-refractivity contribution in [2.24, 2.45) is 10.7 Å².